The number of methoxy groups -OCH3 is 1. The predicted molar refractivity (Wildman–Crippen MR) is 77.9 cm³/mol. The van der Waals surface area contributed by atoms with E-state index in [1.807, 2.05) is 13.8 Å². The first-order valence-corrected chi connectivity index (χ1v) is 7.11. The van der Waals surface area contributed by atoms with Gasteiger partial charge in [0, 0.05) is 32.3 Å². The van der Waals surface area contributed by atoms with E-state index in [9.17, 15) is 14.7 Å². The number of hydrogen-bond donors (Lipinski definition) is 1. The Kier molecular flexibility index (Phi) is 4.97. The lowest BCUT2D eigenvalue weighted by atomic mass is 10.2. The molecule has 2 unspecified atom stereocenters. The van der Waals surface area contributed by atoms with Crippen molar-refractivity contribution in [3.8, 4) is 5.88 Å². The summed E-state index contributed by atoms with van der Waals surface area (Å²) in [7, 11) is 1.51. The van der Waals surface area contributed by atoms with Gasteiger partial charge < -0.3 is 19.5 Å². The van der Waals surface area contributed by atoms with Crippen molar-refractivity contribution in [3.63, 3.8) is 0 Å². The van der Waals surface area contributed by atoms with Crippen LogP contribution in [-0.2, 0) is 9.53 Å². The van der Waals surface area contributed by atoms with E-state index < -0.39 is 12.0 Å². The molecule has 0 saturated carbocycles. The van der Waals surface area contributed by atoms with Crippen molar-refractivity contribution in [1.29, 1.82) is 0 Å². The van der Waals surface area contributed by atoms with E-state index in [0.29, 0.717) is 17.9 Å². The quantitative estimate of drug-likeness (QED) is 0.878. The molecule has 1 aliphatic rings. The first kappa shape index (κ1) is 16.2. The molecule has 0 spiro atoms. The van der Waals surface area contributed by atoms with Crippen molar-refractivity contribution in [1.82, 2.24) is 9.88 Å². The first-order valence-electron chi connectivity index (χ1n) is 7.11. The van der Waals surface area contributed by atoms with Crippen molar-refractivity contribution in [2.45, 2.75) is 38.5 Å². The second-order valence-electron chi connectivity index (χ2n) is 5.46. The maximum absolute atomic E-state index is 12.5. The molecule has 22 heavy (non-hydrogen) atoms. The third kappa shape index (κ3) is 3.54. The summed E-state index contributed by atoms with van der Waals surface area (Å²) in [5.74, 6) is -0.964. The van der Waals surface area contributed by atoms with Crippen molar-refractivity contribution < 1.29 is 24.2 Å². The molecule has 1 aromatic rings. The SMILES string of the molecule is COC1CC(C(=O)O)N(C(=O)c2ccc(OC(C)C)nc2)C1. The van der Waals surface area contributed by atoms with Gasteiger partial charge in [-0.05, 0) is 19.9 Å². The highest BCUT2D eigenvalue weighted by Gasteiger charge is 2.40. The molecule has 7 nitrogen and oxygen atoms in total. The van der Waals surface area contributed by atoms with Crippen LogP contribution in [-0.4, -0.2) is 58.8 Å². The molecule has 7 heteroatoms. The highest BCUT2D eigenvalue weighted by atomic mass is 16.5. The van der Waals surface area contributed by atoms with Gasteiger partial charge in [0.15, 0.2) is 0 Å². The lowest BCUT2D eigenvalue weighted by Gasteiger charge is -2.21. The molecule has 2 atom stereocenters. The Hall–Kier alpha value is -2.15. The zero-order valence-electron chi connectivity index (χ0n) is 12.9. The number of ether oxygens (including phenoxy) is 2. The molecule has 0 radical (unpaired) electrons. The Morgan fingerprint density at radius 3 is 2.64 bits per heavy atom. The number of pyridine rings is 1. The van der Waals surface area contributed by atoms with Gasteiger partial charge in [-0.1, -0.05) is 0 Å². The molecule has 1 amide bonds. The molecule has 1 N–H and O–H groups in total. The minimum absolute atomic E-state index is 0.00788. The summed E-state index contributed by atoms with van der Waals surface area (Å²) >= 11 is 0. The highest BCUT2D eigenvalue weighted by molar-refractivity contribution is 5.96. The van der Waals surface area contributed by atoms with E-state index in [0.717, 1.165) is 0 Å². The number of likely N-dealkylation sites (tertiary alicyclic amines) is 1. The maximum atomic E-state index is 12.5. The molecular formula is C15H20N2O5. The van der Waals surface area contributed by atoms with E-state index in [1.54, 1.807) is 12.1 Å². The average molecular weight is 308 g/mol. The molecule has 1 fully saturated rings. The molecule has 1 aliphatic heterocycles. The summed E-state index contributed by atoms with van der Waals surface area (Å²) in [4.78, 5) is 29.2. The van der Waals surface area contributed by atoms with Gasteiger partial charge in [0.1, 0.15) is 6.04 Å². The van der Waals surface area contributed by atoms with Gasteiger partial charge in [-0.15, -0.1) is 0 Å². The van der Waals surface area contributed by atoms with Gasteiger partial charge in [-0.2, -0.15) is 0 Å². The Balaban J connectivity index is 2.14. The summed E-state index contributed by atoms with van der Waals surface area (Å²) in [5.41, 5.74) is 0.333. The highest BCUT2D eigenvalue weighted by Crippen LogP contribution is 2.23. The lowest BCUT2D eigenvalue weighted by molar-refractivity contribution is -0.141. The number of carboxylic acid groups (broad SMARTS) is 1. The number of carbonyl (C=O) groups excluding carboxylic acids is 1. The zero-order chi connectivity index (χ0) is 16.3. The van der Waals surface area contributed by atoms with Gasteiger partial charge in [-0.25, -0.2) is 9.78 Å². The predicted octanol–water partition coefficient (Wildman–Crippen LogP) is 1.18. The Bertz CT molecular complexity index is 543. The fourth-order valence-corrected chi connectivity index (χ4v) is 2.41. The molecule has 0 aliphatic carbocycles. The summed E-state index contributed by atoms with van der Waals surface area (Å²) in [6, 6.07) is 2.32. The first-order chi connectivity index (χ1) is 10.4. The minimum Gasteiger partial charge on any atom is -0.480 e. The molecule has 2 rings (SSSR count). The maximum Gasteiger partial charge on any atom is 0.326 e. The molecule has 120 valence electrons. The van der Waals surface area contributed by atoms with E-state index in [2.05, 4.69) is 4.98 Å². The van der Waals surface area contributed by atoms with E-state index in [4.69, 9.17) is 9.47 Å². The van der Waals surface area contributed by atoms with Crippen molar-refractivity contribution in [3.05, 3.63) is 23.9 Å². The van der Waals surface area contributed by atoms with Crippen LogP contribution >= 0.6 is 0 Å². The van der Waals surface area contributed by atoms with Gasteiger partial charge in [-0.3, -0.25) is 4.79 Å². The topological polar surface area (TPSA) is 89.0 Å². The van der Waals surface area contributed by atoms with E-state index >= 15 is 0 Å². The number of rotatable bonds is 5. The average Bonchev–Trinajstić information content (AvgIpc) is 2.91. The Morgan fingerprint density at radius 1 is 1.41 bits per heavy atom. The number of aromatic nitrogens is 1. The van der Waals surface area contributed by atoms with E-state index in [1.165, 1.54) is 18.2 Å². The fraction of sp³-hybridized carbons (Fsp3) is 0.533. The molecular weight excluding hydrogens is 288 g/mol. The summed E-state index contributed by atoms with van der Waals surface area (Å²) in [6.07, 6.45) is 1.42. The monoisotopic (exact) mass is 308 g/mol. The van der Waals surface area contributed by atoms with E-state index in [-0.39, 0.29) is 24.7 Å². The molecule has 1 aromatic heterocycles. The summed E-state index contributed by atoms with van der Waals surface area (Å²) < 4.78 is 10.6. The number of nitrogens with zero attached hydrogens (tertiary/aromatic N) is 2. The van der Waals surface area contributed by atoms with Crippen LogP contribution in [0.15, 0.2) is 18.3 Å². The summed E-state index contributed by atoms with van der Waals surface area (Å²) in [6.45, 7) is 4.02. The number of amides is 1. The molecule has 2 heterocycles. The zero-order valence-corrected chi connectivity index (χ0v) is 12.9. The normalized spacial score (nSPS) is 21.2. The number of hydrogen-bond acceptors (Lipinski definition) is 5. The second-order valence-corrected chi connectivity index (χ2v) is 5.46. The van der Waals surface area contributed by atoms with Crippen molar-refractivity contribution in [2.24, 2.45) is 0 Å². The number of carboxylic acids is 1. The lowest BCUT2D eigenvalue weighted by Crippen LogP contribution is -2.40. The molecule has 0 bridgehead atoms. The van der Waals surface area contributed by atoms with Crippen LogP contribution in [0.1, 0.15) is 30.6 Å². The molecule has 0 aromatic carbocycles. The van der Waals surface area contributed by atoms with Crippen LogP contribution in [0.4, 0.5) is 0 Å². The minimum atomic E-state index is -1.03. The molecule has 1 saturated heterocycles. The van der Waals surface area contributed by atoms with Gasteiger partial charge in [0.05, 0.1) is 17.8 Å². The standard InChI is InChI=1S/C15H20N2O5/c1-9(2)22-13-5-4-10(7-16-13)14(18)17-8-11(21-3)6-12(17)15(19)20/h4-5,7,9,11-12H,6,8H2,1-3H3,(H,19,20). The second kappa shape index (κ2) is 6.74. The van der Waals surface area contributed by atoms with Gasteiger partial charge in [0.25, 0.3) is 5.91 Å². The third-order valence-corrected chi connectivity index (χ3v) is 3.48. The van der Waals surface area contributed by atoms with Crippen LogP contribution in [0, 0.1) is 0 Å². The van der Waals surface area contributed by atoms with Crippen LogP contribution in [0.5, 0.6) is 5.88 Å². The Morgan fingerprint density at radius 2 is 2.14 bits per heavy atom. The third-order valence-electron chi connectivity index (χ3n) is 3.48. The van der Waals surface area contributed by atoms with Crippen LogP contribution in [0.25, 0.3) is 0 Å². The Labute approximate surface area is 128 Å². The van der Waals surface area contributed by atoms with Crippen LogP contribution < -0.4 is 4.74 Å². The van der Waals surface area contributed by atoms with Crippen molar-refractivity contribution in [2.75, 3.05) is 13.7 Å². The number of carbonyl (C=O) groups is 2. The van der Waals surface area contributed by atoms with Crippen molar-refractivity contribution >= 4 is 11.9 Å². The largest absolute Gasteiger partial charge is 0.480 e. The number of aliphatic carboxylic acids is 1. The smallest absolute Gasteiger partial charge is 0.326 e. The van der Waals surface area contributed by atoms with Crippen LogP contribution in [0.2, 0.25) is 0 Å². The fourth-order valence-electron chi connectivity index (χ4n) is 2.41. The van der Waals surface area contributed by atoms with Crippen LogP contribution in [0.3, 0.4) is 0 Å². The van der Waals surface area contributed by atoms with Gasteiger partial charge >= 0.3 is 5.97 Å². The summed E-state index contributed by atoms with van der Waals surface area (Å²) in [5, 5.41) is 9.25. The van der Waals surface area contributed by atoms with Gasteiger partial charge in [0.2, 0.25) is 5.88 Å².